The van der Waals surface area contributed by atoms with Gasteiger partial charge in [0.05, 0.1) is 0 Å². The van der Waals surface area contributed by atoms with Crippen molar-refractivity contribution < 1.29 is 0 Å². The van der Waals surface area contributed by atoms with Gasteiger partial charge in [-0.05, 0) is 37.9 Å². The van der Waals surface area contributed by atoms with Gasteiger partial charge in [0.2, 0.25) is 0 Å². The summed E-state index contributed by atoms with van der Waals surface area (Å²) >= 11 is 4.42. The fourth-order valence-electron chi connectivity index (χ4n) is 2.35. The molecule has 0 unspecified atom stereocenters. The van der Waals surface area contributed by atoms with E-state index in [0.717, 1.165) is 12.3 Å². The Morgan fingerprint density at radius 2 is 2.12 bits per heavy atom. The van der Waals surface area contributed by atoms with Crippen LogP contribution in [0, 0.1) is 5.41 Å². The molecule has 4 heteroatoms. The molecular weight excluding hydrogens is 220 g/mol. The van der Waals surface area contributed by atoms with Crippen LogP contribution in [0.2, 0.25) is 0 Å². The van der Waals surface area contributed by atoms with E-state index in [1.165, 1.54) is 19.3 Å². The first-order valence-electron chi connectivity index (χ1n) is 5.96. The summed E-state index contributed by atoms with van der Waals surface area (Å²) in [7, 11) is 0. The molecule has 1 saturated carbocycles. The molecule has 0 aromatic carbocycles. The lowest BCUT2D eigenvalue weighted by Gasteiger charge is -2.40. The largest absolute Gasteiger partial charge is 0.328 e. The van der Waals surface area contributed by atoms with Crippen molar-refractivity contribution in [2.24, 2.45) is 5.41 Å². The number of hydrogen-bond donors (Lipinski definition) is 1. The second-order valence-electron chi connectivity index (χ2n) is 5.22. The molecule has 0 atom stereocenters. The number of nitrogens with zero attached hydrogens (tertiary/aromatic N) is 2. The van der Waals surface area contributed by atoms with Crippen LogP contribution in [0.25, 0.3) is 0 Å². The van der Waals surface area contributed by atoms with E-state index in [4.69, 9.17) is 0 Å². The molecule has 1 aliphatic rings. The van der Waals surface area contributed by atoms with E-state index >= 15 is 0 Å². The molecule has 1 aromatic heterocycles. The molecule has 1 fully saturated rings. The van der Waals surface area contributed by atoms with E-state index in [1.54, 1.807) is 4.57 Å². The van der Waals surface area contributed by atoms with E-state index in [0.29, 0.717) is 0 Å². The minimum atomic E-state index is 0.114. The van der Waals surface area contributed by atoms with E-state index in [2.05, 4.69) is 12.6 Å². The predicted molar refractivity (Wildman–Crippen MR) is 69.2 cm³/mol. The summed E-state index contributed by atoms with van der Waals surface area (Å²) in [5.41, 5.74) is 0.388. The highest BCUT2D eigenvalue weighted by Crippen LogP contribution is 2.42. The monoisotopic (exact) mass is 240 g/mol. The Morgan fingerprint density at radius 3 is 2.50 bits per heavy atom. The number of imidazole rings is 1. The molecule has 0 N–H and O–H groups in total. The first-order valence-corrected chi connectivity index (χ1v) is 6.59. The summed E-state index contributed by atoms with van der Waals surface area (Å²) in [4.78, 5) is 12.0. The van der Waals surface area contributed by atoms with Gasteiger partial charge in [0, 0.05) is 25.0 Å². The summed E-state index contributed by atoms with van der Waals surface area (Å²) in [5.74, 6) is 0.881. The molecule has 0 bridgehead atoms. The van der Waals surface area contributed by atoms with E-state index < -0.39 is 0 Å². The van der Waals surface area contributed by atoms with Crippen molar-refractivity contribution in [2.75, 3.05) is 5.75 Å². The van der Waals surface area contributed by atoms with Gasteiger partial charge in [-0.2, -0.15) is 12.6 Å². The standard InChI is InChI=1S/C12H20N2OS/c1-10(2)14-7-6-13(11(14)15)8-12(9-16)4-3-5-12/h6-7,10,16H,3-5,8-9H2,1-2H3. The third-order valence-corrected chi connectivity index (χ3v) is 4.36. The van der Waals surface area contributed by atoms with Gasteiger partial charge >= 0.3 is 5.69 Å². The molecule has 0 saturated heterocycles. The smallest absolute Gasteiger partial charge is 0.299 e. The molecule has 90 valence electrons. The fraction of sp³-hybridized carbons (Fsp3) is 0.750. The third kappa shape index (κ3) is 1.95. The molecular formula is C12H20N2OS. The molecule has 0 amide bonds. The second-order valence-corrected chi connectivity index (χ2v) is 5.54. The van der Waals surface area contributed by atoms with Crippen molar-refractivity contribution in [3.63, 3.8) is 0 Å². The molecule has 1 aliphatic carbocycles. The topological polar surface area (TPSA) is 26.9 Å². The maximum absolute atomic E-state index is 12.0. The lowest BCUT2D eigenvalue weighted by molar-refractivity contribution is 0.137. The van der Waals surface area contributed by atoms with Gasteiger partial charge in [0.15, 0.2) is 0 Å². The maximum Gasteiger partial charge on any atom is 0.328 e. The molecule has 16 heavy (non-hydrogen) atoms. The zero-order valence-electron chi connectivity index (χ0n) is 10.0. The van der Waals surface area contributed by atoms with Crippen LogP contribution in [0.5, 0.6) is 0 Å². The zero-order chi connectivity index (χ0) is 11.8. The van der Waals surface area contributed by atoms with Gasteiger partial charge in [0.1, 0.15) is 0 Å². The fourth-order valence-corrected chi connectivity index (χ4v) is 2.76. The van der Waals surface area contributed by atoms with Crippen LogP contribution in [-0.4, -0.2) is 14.9 Å². The van der Waals surface area contributed by atoms with Crippen LogP contribution in [0.3, 0.4) is 0 Å². The lowest BCUT2D eigenvalue weighted by Crippen LogP contribution is -2.39. The van der Waals surface area contributed by atoms with Gasteiger partial charge in [-0.3, -0.25) is 9.13 Å². The van der Waals surface area contributed by atoms with Gasteiger partial charge in [0.25, 0.3) is 0 Å². The van der Waals surface area contributed by atoms with Gasteiger partial charge in [-0.15, -0.1) is 0 Å². The summed E-state index contributed by atoms with van der Waals surface area (Å²) in [6.07, 6.45) is 7.48. The number of thiol groups is 1. The van der Waals surface area contributed by atoms with Crippen molar-refractivity contribution in [1.29, 1.82) is 0 Å². The van der Waals surface area contributed by atoms with E-state index in [1.807, 2.05) is 30.8 Å². The van der Waals surface area contributed by atoms with Crippen LogP contribution in [0.4, 0.5) is 0 Å². The number of hydrogen-bond acceptors (Lipinski definition) is 2. The molecule has 1 heterocycles. The molecule has 3 nitrogen and oxygen atoms in total. The average Bonchev–Trinajstić information content (AvgIpc) is 2.54. The Bertz CT molecular complexity index is 409. The first kappa shape index (κ1) is 11.8. The molecule has 0 spiro atoms. The van der Waals surface area contributed by atoms with E-state index in [-0.39, 0.29) is 17.1 Å². The average molecular weight is 240 g/mol. The maximum atomic E-state index is 12.0. The van der Waals surface area contributed by atoms with Crippen molar-refractivity contribution in [2.45, 2.75) is 45.7 Å². The Labute approximate surface area is 102 Å². The van der Waals surface area contributed by atoms with Gasteiger partial charge < -0.3 is 0 Å². The van der Waals surface area contributed by atoms with Crippen molar-refractivity contribution in [3.8, 4) is 0 Å². The van der Waals surface area contributed by atoms with Crippen molar-refractivity contribution in [1.82, 2.24) is 9.13 Å². The van der Waals surface area contributed by atoms with Crippen LogP contribution in [-0.2, 0) is 6.54 Å². The van der Waals surface area contributed by atoms with Crippen LogP contribution < -0.4 is 5.69 Å². The Kier molecular flexibility index (Phi) is 3.19. The Balaban J connectivity index is 2.19. The minimum absolute atomic E-state index is 0.114. The Hall–Kier alpha value is -0.640. The quantitative estimate of drug-likeness (QED) is 0.803. The van der Waals surface area contributed by atoms with Crippen LogP contribution in [0.1, 0.15) is 39.2 Å². The SMILES string of the molecule is CC(C)n1ccn(CC2(CS)CCC2)c1=O. The van der Waals surface area contributed by atoms with Crippen LogP contribution in [0.15, 0.2) is 17.2 Å². The van der Waals surface area contributed by atoms with Crippen molar-refractivity contribution >= 4 is 12.6 Å². The van der Waals surface area contributed by atoms with Crippen molar-refractivity contribution in [3.05, 3.63) is 22.9 Å². The normalized spacial score (nSPS) is 18.8. The first-order chi connectivity index (χ1) is 7.58. The van der Waals surface area contributed by atoms with E-state index in [9.17, 15) is 4.79 Å². The molecule has 2 rings (SSSR count). The summed E-state index contributed by atoms with van der Waals surface area (Å²) in [5, 5.41) is 0. The zero-order valence-corrected chi connectivity index (χ0v) is 10.9. The minimum Gasteiger partial charge on any atom is -0.299 e. The number of rotatable bonds is 4. The number of aromatic nitrogens is 2. The molecule has 0 aliphatic heterocycles. The summed E-state index contributed by atoms with van der Waals surface area (Å²) < 4.78 is 3.63. The third-order valence-electron chi connectivity index (χ3n) is 3.69. The van der Waals surface area contributed by atoms with Gasteiger partial charge in [-0.1, -0.05) is 6.42 Å². The summed E-state index contributed by atoms with van der Waals surface area (Å²) in [6.45, 7) is 4.89. The highest BCUT2D eigenvalue weighted by Gasteiger charge is 2.36. The summed E-state index contributed by atoms with van der Waals surface area (Å²) in [6, 6.07) is 0.238. The highest BCUT2D eigenvalue weighted by molar-refractivity contribution is 7.80. The molecule has 0 radical (unpaired) electrons. The lowest BCUT2D eigenvalue weighted by atomic mass is 9.70. The van der Waals surface area contributed by atoms with Gasteiger partial charge in [-0.25, -0.2) is 4.79 Å². The molecule has 1 aromatic rings. The Morgan fingerprint density at radius 1 is 1.44 bits per heavy atom. The highest BCUT2D eigenvalue weighted by atomic mass is 32.1. The van der Waals surface area contributed by atoms with Crippen LogP contribution >= 0.6 is 12.6 Å². The predicted octanol–water partition coefficient (Wildman–Crippen LogP) is 2.33. The second kappa shape index (κ2) is 4.32.